The molecule has 2 rings (SSSR count). The van der Waals surface area contributed by atoms with Crippen LogP contribution in [-0.4, -0.2) is 20.2 Å². The number of aryl methyl sites for hydroxylation is 2. The summed E-state index contributed by atoms with van der Waals surface area (Å²) in [5.41, 5.74) is 1.45. The Hall–Kier alpha value is -1.29. The number of carbonyl (C=O) groups excluding carboxylic acids is 1. The van der Waals surface area contributed by atoms with Gasteiger partial charge in [-0.25, -0.2) is 0 Å². The van der Waals surface area contributed by atoms with Gasteiger partial charge < -0.3 is 9.13 Å². The van der Waals surface area contributed by atoms with E-state index in [0.717, 1.165) is 23.3 Å². The summed E-state index contributed by atoms with van der Waals surface area (Å²) in [7, 11) is 1.88. The summed E-state index contributed by atoms with van der Waals surface area (Å²) in [4.78, 5) is 12.2. The highest BCUT2D eigenvalue weighted by Gasteiger charge is 2.14. The lowest BCUT2D eigenvalue weighted by Gasteiger charge is -2.07. The second-order valence-corrected chi connectivity index (χ2v) is 4.40. The zero-order valence-corrected chi connectivity index (χ0v) is 10.6. The first-order chi connectivity index (χ1) is 7.74. The van der Waals surface area contributed by atoms with Crippen LogP contribution in [0, 0.1) is 0 Å². The summed E-state index contributed by atoms with van der Waals surface area (Å²) in [6.07, 6.45) is 3.81. The number of aromatic nitrogens is 2. The van der Waals surface area contributed by atoms with E-state index in [2.05, 4.69) is 15.9 Å². The Bertz CT molecular complexity index is 499. The maximum absolute atomic E-state index is 12.2. The van der Waals surface area contributed by atoms with Crippen LogP contribution in [0.1, 0.15) is 16.2 Å². The first kappa shape index (κ1) is 11.2. The van der Waals surface area contributed by atoms with Crippen LogP contribution in [0.25, 0.3) is 0 Å². The fourth-order valence-electron chi connectivity index (χ4n) is 1.73. The van der Waals surface area contributed by atoms with Crippen LogP contribution in [0.15, 0.2) is 36.7 Å². The van der Waals surface area contributed by atoms with Gasteiger partial charge in [0, 0.05) is 31.3 Å². The summed E-state index contributed by atoms with van der Waals surface area (Å²) < 4.78 is 3.80. The largest absolute Gasteiger partial charge is 0.348 e. The minimum absolute atomic E-state index is 0.0680. The molecule has 0 fully saturated rings. The SMILES string of the molecule is Cn1cccc1C(=O)c1cccn1CCBr. The van der Waals surface area contributed by atoms with Crippen LogP contribution in [0.4, 0.5) is 0 Å². The minimum atomic E-state index is 0.0680. The van der Waals surface area contributed by atoms with Crippen LogP contribution in [0.5, 0.6) is 0 Å². The van der Waals surface area contributed by atoms with Gasteiger partial charge in [0.2, 0.25) is 5.78 Å². The number of halogens is 1. The van der Waals surface area contributed by atoms with Gasteiger partial charge in [0.15, 0.2) is 0 Å². The van der Waals surface area contributed by atoms with Crippen molar-refractivity contribution in [2.45, 2.75) is 6.54 Å². The van der Waals surface area contributed by atoms with Gasteiger partial charge in [0.05, 0.1) is 11.4 Å². The predicted molar refractivity (Wildman–Crippen MR) is 67.1 cm³/mol. The van der Waals surface area contributed by atoms with Crippen molar-refractivity contribution in [2.24, 2.45) is 7.05 Å². The van der Waals surface area contributed by atoms with Crippen LogP contribution in [0.3, 0.4) is 0 Å². The van der Waals surface area contributed by atoms with Crippen molar-refractivity contribution in [3.63, 3.8) is 0 Å². The maximum atomic E-state index is 12.2. The molecule has 0 N–H and O–H groups in total. The topological polar surface area (TPSA) is 26.9 Å². The van der Waals surface area contributed by atoms with E-state index in [0.29, 0.717) is 0 Å². The van der Waals surface area contributed by atoms with Crippen molar-refractivity contribution in [3.05, 3.63) is 48.0 Å². The molecule has 0 aliphatic carbocycles. The van der Waals surface area contributed by atoms with Crippen molar-refractivity contribution < 1.29 is 4.79 Å². The third kappa shape index (κ3) is 1.97. The van der Waals surface area contributed by atoms with Crippen LogP contribution in [0.2, 0.25) is 0 Å². The second-order valence-electron chi connectivity index (χ2n) is 3.61. The van der Waals surface area contributed by atoms with Gasteiger partial charge in [-0.15, -0.1) is 0 Å². The van der Waals surface area contributed by atoms with Gasteiger partial charge in [-0.2, -0.15) is 0 Å². The Kier molecular flexibility index (Phi) is 3.29. The molecule has 0 spiro atoms. The summed E-state index contributed by atoms with van der Waals surface area (Å²) in [6, 6.07) is 7.48. The highest BCUT2D eigenvalue weighted by Crippen LogP contribution is 2.11. The van der Waals surface area contributed by atoms with Crippen LogP contribution >= 0.6 is 15.9 Å². The Morgan fingerprint density at radius 3 is 2.56 bits per heavy atom. The lowest BCUT2D eigenvalue weighted by atomic mass is 10.2. The average Bonchev–Trinajstić information content (AvgIpc) is 2.87. The van der Waals surface area contributed by atoms with Crippen molar-refractivity contribution in [1.82, 2.24) is 9.13 Å². The number of nitrogens with zero attached hydrogens (tertiary/aromatic N) is 2. The third-order valence-electron chi connectivity index (χ3n) is 2.56. The molecule has 2 aromatic heterocycles. The molecule has 0 bridgehead atoms. The van der Waals surface area contributed by atoms with Gasteiger partial charge in [-0.1, -0.05) is 15.9 Å². The predicted octanol–water partition coefficient (Wildman–Crippen LogP) is 2.45. The zero-order valence-electron chi connectivity index (χ0n) is 9.06. The Labute approximate surface area is 103 Å². The Morgan fingerprint density at radius 2 is 1.94 bits per heavy atom. The van der Waals surface area contributed by atoms with Crippen molar-refractivity contribution in [2.75, 3.05) is 5.33 Å². The highest BCUT2D eigenvalue weighted by molar-refractivity contribution is 9.09. The summed E-state index contributed by atoms with van der Waals surface area (Å²) in [6.45, 7) is 0.804. The molecule has 0 atom stereocenters. The van der Waals surface area contributed by atoms with E-state index in [1.807, 2.05) is 52.8 Å². The number of rotatable bonds is 4. The first-order valence-corrected chi connectivity index (χ1v) is 6.23. The van der Waals surface area contributed by atoms with E-state index in [9.17, 15) is 4.79 Å². The number of ketones is 1. The molecular weight excluding hydrogens is 268 g/mol. The van der Waals surface area contributed by atoms with Crippen molar-refractivity contribution >= 4 is 21.7 Å². The lowest BCUT2D eigenvalue weighted by molar-refractivity contribution is 0.102. The Balaban J connectivity index is 2.34. The summed E-state index contributed by atoms with van der Waals surface area (Å²) >= 11 is 3.38. The maximum Gasteiger partial charge on any atom is 0.225 e. The molecule has 0 saturated heterocycles. The van der Waals surface area contributed by atoms with Crippen LogP contribution < -0.4 is 0 Å². The van der Waals surface area contributed by atoms with Crippen molar-refractivity contribution in [3.8, 4) is 0 Å². The van der Waals surface area contributed by atoms with Gasteiger partial charge in [0.1, 0.15) is 0 Å². The van der Waals surface area contributed by atoms with E-state index in [1.165, 1.54) is 0 Å². The molecular formula is C12H13BrN2O. The number of alkyl halides is 1. The van der Waals surface area contributed by atoms with Crippen LogP contribution in [-0.2, 0) is 13.6 Å². The molecule has 0 radical (unpaired) electrons. The normalized spacial score (nSPS) is 10.6. The molecule has 16 heavy (non-hydrogen) atoms. The zero-order chi connectivity index (χ0) is 11.5. The molecule has 2 heterocycles. The lowest BCUT2D eigenvalue weighted by Crippen LogP contribution is -2.13. The number of hydrogen-bond acceptors (Lipinski definition) is 1. The molecule has 0 saturated carbocycles. The van der Waals surface area contributed by atoms with Crippen molar-refractivity contribution in [1.29, 1.82) is 0 Å². The Morgan fingerprint density at radius 1 is 1.25 bits per heavy atom. The van der Waals surface area contributed by atoms with Gasteiger partial charge in [-0.05, 0) is 24.3 Å². The number of hydrogen-bond donors (Lipinski definition) is 0. The molecule has 0 aliphatic heterocycles. The second kappa shape index (κ2) is 4.70. The fraction of sp³-hybridized carbons (Fsp3) is 0.250. The molecule has 4 heteroatoms. The quantitative estimate of drug-likeness (QED) is 0.624. The molecule has 0 aliphatic rings. The molecule has 2 aromatic rings. The average molecular weight is 281 g/mol. The van der Waals surface area contributed by atoms with E-state index < -0.39 is 0 Å². The first-order valence-electron chi connectivity index (χ1n) is 5.11. The third-order valence-corrected chi connectivity index (χ3v) is 2.92. The smallest absolute Gasteiger partial charge is 0.225 e. The highest BCUT2D eigenvalue weighted by atomic mass is 79.9. The molecule has 84 valence electrons. The monoisotopic (exact) mass is 280 g/mol. The summed E-state index contributed by atoms with van der Waals surface area (Å²) in [5.74, 6) is 0.0680. The molecule has 0 amide bonds. The van der Waals surface area contributed by atoms with Gasteiger partial charge in [0.25, 0.3) is 0 Å². The van der Waals surface area contributed by atoms with E-state index in [-0.39, 0.29) is 5.78 Å². The standard InChI is InChI=1S/C12H13BrN2O/c1-14-7-2-4-10(14)12(16)11-5-3-8-15(11)9-6-13/h2-5,7-8H,6,9H2,1H3. The molecule has 3 nitrogen and oxygen atoms in total. The van der Waals surface area contributed by atoms with E-state index in [4.69, 9.17) is 0 Å². The fourth-order valence-corrected chi connectivity index (χ4v) is 2.12. The van der Waals surface area contributed by atoms with E-state index >= 15 is 0 Å². The minimum Gasteiger partial charge on any atom is -0.348 e. The van der Waals surface area contributed by atoms with E-state index in [1.54, 1.807) is 0 Å². The van der Waals surface area contributed by atoms with Gasteiger partial charge >= 0.3 is 0 Å². The van der Waals surface area contributed by atoms with Gasteiger partial charge in [-0.3, -0.25) is 4.79 Å². The number of carbonyl (C=O) groups is 1. The molecule has 0 unspecified atom stereocenters. The molecule has 0 aromatic carbocycles. The summed E-state index contributed by atoms with van der Waals surface area (Å²) in [5, 5.41) is 0.842.